The van der Waals surface area contributed by atoms with Gasteiger partial charge in [-0.25, -0.2) is 0 Å². The first-order chi connectivity index (χ1) is 9.86. The van der Waals surface area contributed by atoms with E-state index in [1.807, 2.05) is 18.7 Å². The molecule has 5 heteroatoms. The number of carbonyl (C=O) groups is 2. The summed E-state index contributed by atoms with van der Waals surface area (Å²) < 4.78 is 0. The third kappa shape index (κ3) is 5.14. The SMILES string of the molecule is CCCN(CC(=O)N(C)C)C(C)C(=O)c1ccc(Cl)cc1. The lowest BCUT2D eigenvalue weighted by atomic mass is 10.0. The van der Waals surface area contributed by atoms with Crippen LogP contribution in [0.2, 0.25) is 5.02 Å². The van der Waals surface area contributed by atoms with Crippen molar-refractivity contribution >= 4 is 23.3 Å². The normalized spacial score (nSPS) is 12.3. The lowest BCUT2D eigenvalue weighted by Crippen LogP contribution is -2.45. The number of ketones is 1. The first kappa shape index (κ1) is 17.7. The second-order valence-electron chi connectivity index (χ2n) is 5.31. The average Bonchev–Trinajstić information content (AvgIpc) is 2.45. The highest BCUT2D eigenvalue weighted by Gasteiger charge is 2.24. The van der Waals surface area contributed by atoms with Crippen molar-refractivity contribution in [1.82, 2.24) is 9.80 Å². The van der Waals surface area contributed by atoms with Crippen LogP contribution in [0.3, 0.4) is 0 Å². The predicted molar refractivity (Wildman–Crippen MR) is 85.8 cm³/mol. The van der Waals surface area contributed by atoms with Crippen molar-refractivity contribution in [1.29, 1.82) is 0 Å². The Morgan fingerprint density at radius 2 is 1.76 bits per heavy atom. The molecule has 0 radical (unpaired) electrons. The van der Waals surface area contributed by atoms with Crippen LogP contribution in [0.5, 0.6) is 0 Å². The van der Waals surface area contributed by atoms with Crippen LogP contribution < -0.4 is 0 Å². The summed E-state index contributed by atoms with van der Waals surface area (Å²) in [7, 11) is 3.44. The summed E-state index contributed by atoms with van der Waals surface area (Å²) in [4.78, 5) is 27.9. The molecular formula is C16H23ClN2O2. The molecule has 1 aromatic rings. The van der Waals surface area contributed by atoms with Gasteiger partial charge in [0.15, 0.2) is 5.78 Å². The Morgan fingerprint density at radius 1 is 1.19 bits per heavy atom. The van der Waals surface area contributed by atoms with Crippen molar-refractivity contribution in [3.8, 4) is 0 Å². The molecule has 1 amide bonds. The standard InChI is InChI=1S/C16H23ClN2O2/c1-5-10-19(11-15(20)18(3)4)12(2)16(21)13-6-8-14(17)9-7-13/h6-9,12H,5,10-11H2,1-4H3. The number of hydrogen-bond acceptors (Lipinski definition) is 3. The van der Waals surface area contributed by atoms with Gasteiger partial charge in [0.2, 0.25) is 5.91 Å². The predicted octanol–water partition coefficient (Wildman–Crippen LogP) is 2.71. The summed E-state index contributed by atoms with van der Waals surface area (Å²) in [6.07, 6.45) is 0.888. The van der Waals surface area contributed by atoms with Crippen molar-refractivity contribution in [2.24, 2.45) is 0 Å². The van der Waals surface area contributed by atoms with E-state index >= 15 is 0 Å². The molecule has 0 heterocycles. The Morgan fingerprint density at radius 3 is 2.24 bits per heavy atom. The maximum absolute atomic E-state index is 12.5. The minimum absolute atomic E-state index is 0.000735. The Bertz CT molecular complexity index is 486. The van der Waals surface area contributed by atoms with E-state index in [4.69, 9.17) is 11.6 Å². The highest BCUT2D eigenvalue weighted by atomic mass is 35.5. The van der Waals surface area contributed by atoms with Crippen molar-refractivity contribution in [2.75, 3.05) is 27.2 Å². The van der Waals surface area contributed by atoms with Crippen molar-refractivity contribution in [2.45, 2.75) is 26.3 Å². The fraction of sp³-hybridized carbons (Fsp3) is 0.500. The number of carbonyl (C=O) groups excluding carboxylic acids is 2. The van der Waals surface area contributed by atoms with Crippen molar-refractivity contribution < 1.29 is 9.59 Å². The molecule has 1 rings (SSSR count). The highest BCUT2D eigenvalue weighted by molar-refractivity contribution is 6.30. The summed E-state index contributed by atoms with van der Waals surface area (Å²) in [5.41, 5.74) is 0.616. The third-order valence-corrected chi connectivity index (χ3v) is 3.66. The molecule has 1 unspecified atom stereocenters. The van der Waals surface area contributed by atoms with E-state index in [-0.39, 0.29) is 24.3 Å². The van der Waals surface area contributed by atoms with E-state index in [1.165, 1.54) is 0 Å². The quantitative estimate of drug-likeness (QED) is 0.727. The van der Waals surface area contributed by atoms with Crippen LogP contribution in [0.1, 0.15) is 30.6 Å². The Kier molecular flexibility index (Phi) is 6.85. The van der Waals surface area contributed by atoms with E-state index in [9.17, 15) is 9.59 Å². The molecule has 0 bridgehead atoms. The largest absolute Gasteiger partial charge is 0.348 e. The summed E-state index contributed by atoms with van der Waals surface area (Å²) in [5.74, 6) is 0.00544. The zero-order valence-electron chi connectivity index (χ0n) is 13.1. The van der Waals surface area contributed by atoms with Gasteiger partial charge in [-0.3, -0.25) is 14.5 Å². The van der Waals surface area contributed by atoms with Gasteiger partial charge in [-0.2, -0.15) is 0 Å². The third-order valence-electron chi connectivity index (χ3n) is 3.40. The number of likely N-dealkylation sites (N-methyl/N-ethyl adjacent to an activating group) is 1. The van der Waals surface area contributed by atoms with E-state index in [0.29, 0.717) is 17.1 Å². The van der Waals surface area contributed by atoms with Crippen LogP contribution in [-0.2, 0) is 4.79 Å². The van der Waals surface area contributed by atoms with Crippen LogP contribution in [-0.4, -0.2) is 54.7 Å². The number of amides is 1. The monoisotopic (exact) mass is 310 g/mol. The lowest BCUT2D eigenvalue weighted by Gasteiger charge is -2.28. The van der Waals surface area contributed by atoms with E-state index in [0.717, 1.165) is 6.42 Å². The fourth-order valence-electron chi connectivity index (χ4n) is 2.03. The van der Waals surface area contributed by atoms with Gasteiger partial charge >= 0.3 is 0 Å². The molecule has 4 nitrogen and oxygen atoms in total. The van der Waals surface area contributed by atoms with Crippen LogP contribution in [0.15, 0.2) is 24.3 Å². The second-order valence-corrected chi connectivity index (χ2v) is 5.74. The van der Waals surface area contributed by atoms with Gasteiger partial charge in [-0.05, 0) is 44.2 Å². The molecule has 0 aliphatic heterocycles. The molecule has 0 aromatic heterocycles. The molecule has 0 N–H and O–H groups in total. The topological polar surface area (TPSA) is 40.6 Å². The number of benzene rings is 1. The van der Waals surface area contributed by atoms with Crippen LogP contribution in [0, 0.1) is 0 Å². The minimum Gasteiger partial charge on any atom is -0.348 e. The number of halogens is 1. The minimum atomic E-state index is -0.338. The summed E-state index contributed by atoms with van der Waals surface area (Å²) >= 11 is 5.84. The molecule has 1 aromatic carbocycles. The molecule has 0 saturated carbocycles. The number of rotatable bonds is 7. The van der Waals surface area contributed by atoms with Crippen LogP contribution >= 0.6 is 11.6 Å². The molecule has 0 spiro atoms. The van der Waals surface area contributed by atoms with Crippen LogP contribution in [0.4, 0.5) is 0 Å². The molecule has 0 saturated heterocycles. The summed E-state index contributed by atoms with van der Waals surface area (Å²) in [6.45, 7) is 4.84. The molecule has 0 aliphatic carbocycles. The highest BCUT2D eigenvalue weighted by Crippen LogP contribution is 2.14. The molecule has 1 atom stereocenters. The lowest BCUT2D eigenvalue weighted by molar-refractivity contribution is -0.130. The van der Waals surface area contributed by atoms with Gasteiger partial charge in [0, 0.05) is 24.7 Å². The molecule has 0 fully saturated rings. The zero-order chi connectivity index (χ0) is 16.0. The smallest absolute Gasteiger partial charge is 0.236 e. The number of nitrogens with zero attached hydrogens (tertiary/aromatic N) is 2. The first-order valence-electron chi connectivity index (χ1n) is 7.10. The Labute approximate surface area is 131 Å². The van der Waals surface area contributed by atoms with Crippen molar-refractivity contribution in [3.05, 3.63) is 34.9 Å². The number of Topliss-reactive ketones (excluding diaryl/α,β-unsaturated/α-hetero) is 1. The fourth-order valence-corrected chi connectivity index (χ4v) is 2.16. The molecule has 116 valence electrons. The molecular weight excluding hydrogens is 288 g/mol. The Balaban J connectivity index is 2.84. The summed E-state index contributed by atoms with van der Waals surface area (Å²) in [5, 5.41) is 0.604. The first-order valence-corrected chi connectivity index (χ1v) is 7.48. The van der Waals surface area contributed by atoms with E-state index < -0.39 is 0 Å². The maximum atomic E-state index is 12.5. The van der Waals surface area contributed by atoms with Gasteiger partial charge in [0.1, 0.15) is 0 Å². The van der Waals surface area contributed by atoms with Gasteiger partial charge in [-0.1, -0.05) is 18.5 Å². The van der Waals surface area contributed by atoms with E-state index in [1.54, 1.807) is 43.3 Å². The maximum Gasteiger partial charge on any atom is 0.236 e. The number of hydrogen-bond donors (Lipinski definition) is 0. The molecule has 21 heavy (non-hydrogen) atoms. The average molecular weight is 311 g/mol. The Hall–Kier alpha value is -1.39. The van der Waals surface area contributed by atoms with Gasteiger partial charge < -0.3 is 4.90 Å². The zero-order valence-corrected chi connectivity index (χ0v) is 13.9. The summed E-state index contributed by atoms with van der Waals surface area (Å²) in [6, 6.07) is 6.51. The van der Waals surface area contributed by atoms with Crippen molar-refractivity contribution in [3.63, 3.8) is 0 Å². The van der Waals surface area contributed by atoms with E-state index in [2.05, 4.69) is 0 Å². The van der Waals surface area contributed by atoms with Gasteiger partial charge in [0.25, 0.3) is 0 Å². The van der Waals surface area contributed by atoms with Crippen LogP contribution in [0.25, 0.3) is 0 Å². The van der Waals surface area contributed by atoms with Gasteiger partial charge in [-0.15, -0.1) is 0 Å². The molecule has 0 aliphatic rings. The second kappa shape index (κ2) is 8.15. The van der Waals surface area contributed by atoms with Gasteiger partial charge in [0.05, 0.1) is 12.6 Å².